The standard InChI is InChI=1S/C9H20N2O2/c1-5-13-6-7(2)11-9(3,4)8(10)12/h7,11H,5-6H2,1-4H3,(H2,10,12). The molecule has 0 aliphatic heterocycles. The van der Waals surface area contributed by atoms with Gasteiger partial charge < -0.3 is 10.5 Å². The minimum Gasteiger partial charge on any atom is -0.380 e. The van der Waals surface area contributed by atoms with E-state index >= 15 is 0 Å². The summed E-state index contributed by atoms with van der Waals surface area (Å²) in [6.45, 7) is 8.69. The molecule has 0 fully saturated rings. The average molecular weight is 188 g/mol. The van der Waals surface area contributed by atoms with Crippen LogP contribution >= 0.6 is 0 Å². The predicted octanol–water partition coefficient (Wildman–Crippen LogP) is 0.265. The quantitative estimate of drug-likeness (QED) is 0.628. The summed E-state index contributed by atoms with van der Waals surface area (Å²) in [6.07, 6.45) is 0. The molecule has 0 rings (SSSR count). The van der Waals surface area contributed by atoms with Crippen molar-refractivity contribution in [3.05, 3.63) is 0 Å². The highest BCUT2D eigenvalue weighted by atomic mass is 16.5. The van der Waals surface area contributed by atoms with Gasteiger partial charge in [-0.1, -0.05) is 0 Å². The van der Waals surface area contributed by atoms with Crippen LogP contribution in [0.2, 0.25) is 0 Å². The summed E-state index contributed by atoms with van der Waals surface area (Å²) in [5, 5.41) is 3.09. The topological polar surface area (TPSA) is 64.3 Å². The van der Waals surface area contributed by atoms with Crippen LogP contribution in [0.3, 0.4) is 0 Å². The Labute approximate surface area is 79.8 Å². The highest BCUT2D eigenvalue weighted by molar-refractivity contribution is 5.83. The molecule has 1 amide bonds. The molecule has 0 radical (unpaired) electrons. The fraction of sp³-hybridized carbons (Fsp3) is 0.889. The third-order valence-corrected chi connectivity index (χ3v) is 1.80. The number of nitrogens with one attached hydrogen (secondary N) is 1. The Bertz CT molecular complexity index is 169. The van der Waals surface area contributed by atoms with Crippen LogP contribution in [0.25, 0.3) is 0 Å². The first kappa shape index (κ1) is 12.4. The van der Waals surface area contributed by atoms with E-state index in [-0.39, 0.29) is 11.9 Å². The highest BCUT2D eigenvalue weighted by Gasteiger charge is 2.25. The molecule has 0 spiro atoms. The molecule has 0 saturated heterocycles. The van der Waals surface area contributed by atoms with E-state index in [9.17, 15) is 4.79 Å². The minimum atomic E-state index is -0.670. The molecule has 0 aromatic rings. The van der Waals surface area contributed by atoms with Gasteiger partial charge in [0.15, 0.2) is 0 Å². The van der Waals surface area contributed by atoms with Crippen molar-refractivity contribution >= 4 is 5.91 Å². The number of hydrogen-bond acceptors (Lipinski definition) is 3. The lowest BCUT2D eigenvalue weighted by Crippen LogP contribution is -2.54. The summed E-state index contributed by atoms with van der Waals surface area (Å²) in [4.78, 5) is 10.9. The van der Waals surface area contributed by atoms with Gasteiger partial charge in [0.2, 0.25) is 5.91 Å². The molecule has 4 nitrogen and oxygen atoms in total. The normalized spacial score (nSPS) is 14.2. The van der Waals surface area contributed by atoms with E-state index in [0.717, 1.165) is 0 Å². The van der Waals surface area contributed by atoms with Crippen molar-refractivity contribution in [3.8, 4) is 0 Å². The summed E-state index contributed by atoms with van der Waals surface area (Å²) < 4.78 is 5.21. The van der Waals surface area contributed by atoms with E-state index in [1.54, 1.807) is 13.8 Å². The maximum absolute atomic E-state index is 10.9. The number of rotatable bonds is 6. The van der Waals surface area contributed by atoms with Crippen LogP contribution in [-0.4, -0.2) is 30.7 Å². The lowest BCUT2D eigenvalue weighted by Gasteiger charge is -2.26. The average Bonchev–Trinajstić information content (AvgIpc) is 1.99. The summed E-state index contributed by atoms with van der Waals surface area (Å²) in [6, 6.07) is 0.127. The van der Waals surface area contributed by atoms with Gasteiger partial charge in [0, 0.05) is 12.6 Å². The SMILES string of the molecule is CCOCC(C)NC(C)(C)C(N)=O. The molecule has 0 aliphatic rings. The fourth-order valence-corrected chi connectivity index (χ4v) is 1.02. The van der Waals surface area contributed by atoms with E-state index in [0.29, 0.717) is 13.2 Å². The van der Waals surface area contributed by atoms with Gasteiger partial charge in [-0.15, -0.1) is 0 Å². The van der Waals surface area contributed by atoms with Gasteiger partial charge in [0.05, 0.1) is 12.1 Å². The largest absolute Gasteiger partial charge is 0.380 e. The molecule has 0 aromatic heterocycles. The van der Waals surface area contributed by atoms with Gasteiger partial charge in [-0.3, -0.25) is 10.1 Å². The fourth-order valence-electron chi connectivity index (χ4n) is 1.02. The Morgan fingerprint density at radius 3 is 2.54 bits per heavy atom. The van der Waals surface area contributed by atoms with Crippen molar-refractivity contribution < 1.29 is 9.53 Å². The van der Waals surface area contributed by atoms with Gasteiger partial charge in [-0.25, -0.2) is 0 Å². The van der Waals surface area contributed by atoms with Crippen LogP contribution in [0.5, 0.6) is 0 Å². The van der Waals surface area contributed by atoms with Crippen LogP contribution < -0.4 is 11.1 Å². The van der Waals surface area contributed by atoms with E-state index in [4.69, 9.17) is 10.5 Å². The van der Waals surface area contributed by atoms with Crippen LogP contribution in [0, 0.1) is 0 Å². The third kappa shape index (κ3) is 4.85. The molecule has 0 saturated carbocycles. The second kappa shape index (κ2) is 5.19. The zero-order valence-electron chi connectivity index (χ0n) is 8.89. The lowest BCUT2D eigenvalue weighted by molar-refractivity contribution is -0.123. The predicted molar refractivity (Wildman–Crippen MR) is 52.4 cm³/mol. The van der Waals surface area contributed by atoms with Crippen molar-refractivity contribution in [2.45, 2.75) is 39.3 Å². The van der Waals surface area contributed by atoms with Crippen LogP contribution in [-0.2, 0) is 9.53 Å². The molecule has 0 aromatic carbocycles. The lowest BCUT2D eigenvalue weighted by atomic mass is 10.0. The van der Waals surface area contributed by atoms with Gasteiger partial charge in [0.25, 0.3) is 0 Å². The van der Waals surface area contributed by atoms with Crippen molar-refractivity contribution in [3.63, 3.8) is 0 Å². The molecular weight excluding hydrogens is 168 g/mol. The molecule has 0 bridgehead atoms. The van der Waals surface area contributed by atoms with Crippen molar-refractivity contribution in [2.24, 2.45) is 5.73 Å². The Morgan fingerprint density at radius 1 is 1.62 bits per heavy atom. The minimum absolute atomic E-state index is 0.127. The molecule has 4 heteroatoms. The maximum Gasteiger partial charge on any atom is 0.237 e. The maximum atomic E-state index is 10.9. The number of ether oxygens (including phenoxy) is 1. The first-order chi connectivity index (χ1) is 5.90. The van der Waals surface area contributed by atoms with Gasteiger partial charge in [-0.2, -0.15) is 0 Å². The Kier molecular flexibility index (Phi) is 4.95. The van der Waals surface area contributed by atoms with Crippen LogP contribution in [0.15, 0.2) is 0 Å². The van der Waals surface area contributed by atoms with Crippen molar-refractivity contribution in [2.75, 3.05) is 13.2 Å². The smallest absolute Gasteiger partial charge is 0.237 e. The highest BCUT2D eigenvalue weighted by Crippen LogP contribution is 2.02. The second-order valence-electron chi connectivity index (χ2n) is 3.69. The number of carbonyl (C=O) groups excluding carboxylic acids is 1. The van der Waals surface area contributed by atoms with Gasteiger partial charge >= 0.3 is 0 Å². The number of primary amides is 1. The van der Waals surface area contributed by atoms with Gasteiger partial charge in [-0.05, 0) is 27.7 Å². The summed E-state index contributed by atoms with van der Waals surface area (Å²) >= 11 is 0. The third-order valence-electron chi connectivity index (χ3n) is 1.80. The molecular formula is C9H20N2O2. The number of carbonyl (C=O) groups is 1. The Morgan fingerprint density at radius 2 is 2.15 bits per heavy atom. The summed E-state index contributed by atoms with van der Waals surface area (Å²) in [7, 11) is 0. The first-order valence-electron chi connectivity index (χ1n) is 4.55. The molecule has 0 aliphatic carbocycles. The Balaban J connectivity index is 3.89. The zero-order valence-corrected chi connectivity index (χ0v) is 8.89. The molecule has 13 heavy (non-hydrogen) atoms. The molecule has 0 heterocycles. The Hall–Kier alpha value is -0.610. The van der Waals surface area contributed by atoms with E-state index in [1.807, 2.05) is 13.8 Å². The van der Waals surface area contributed by atoms with Crippen LogP contribution in [0.1, 0.15) is 27.7 Å². The summed E-state index contributed by atoms with van der Waals surface area (Å²) in [5.74, 6) is -0.351. The number of nitrogens with two attached hydrogens (primary N) is 1. The first-order valence-corrected chi connectivity index (χ1v) is 4.55. The number of amides is 1. The second-order valence-corrected chi connectivity index (χ2v) is 3.69. The molecule has 78 valence electrons. The van der Waals surface area contributed by atoms with E-state index in [2.05, 4.69) is 5.32 Å². The molecule has 1 atom stereocenters. The summed E-state index contributed by atoms with van der Waals surface area (Å²) in [5.41, 5.74) is 4.53. The van der Waals surface area contributed by atoms with Crippen LogP contribution in [0.4, 0.5) is 0 Å². The van der Waals surface area contributed by atoms with Crippen molar-refractivity contribution in [1.29, 1.82) is 0 Å². The number of hydrogen-bond donors (Lipinski definition) is 2. The van der Waals surface area contributed by atoms with E-state index < -0.39 is 5.54 Å². The van der Waals surface area contributed by atoms with Gasteiger partial charge in [0.1, 0.15) is 0 Å². The molecule has 3 N–H and O–H groups in total. The zero-order chi connectivity index (χ0) is 10.5. The molecule has 1 unspecified atom stereocenters. The van der Waals surface area contributed by atoms with E-state index in [1.165, 1.54) is 0 Å². The monoisotopic (exact) mass is 188 g/mol. The van der Waals surface area contributed by atoms with Crippen molar-refractivity contribution in [1.82, 2.24) is 5.32 Å².